The lowest BCUT2D eigenvalue weighted by Gasteiger charge is -2.16. The smallest absolute Gasteiger partial charge is 0.200 e. The molecule has 0 fully saturated rings. The molecular weight excluding hydrogens is 406 g/mol. The Bertz CT molecular complexity index is 1120. The highest BCUT2D eigenvalue weighted by molar-refractivity contribution is 6.30. The fraction of sp³-hybridized carbons (Fsp3) is 0.273. The molecule has 0 atom stereocenters. The molecule has 0 unspecified atom stereocenters. The van der Waals surface area contributed by atoms with E-state index in [1.807, 2.05) is 35.8 Å². The van der Waals surface area contributed by atoms with Crippen LogP contribution in [-0.4, -0.2) is 31.2 Å². The molecular formula is C22H24ClN3O4. The SMILES string of the molecule is CCCO/N=C(\N)c1cn(Cc2ccc(Cl)cc2)c2cc(OC)c(OC)cc2c1=O. The van der Waals surface area contributed by atoms with Gasteiger partial charge in [-0.2, -0.15) is 0 Å². The maximum absolute atomic E-state index is 13.2. The molecule has 0 saturated heterocycles. The van der Waals surface area contributed by atoms with Gasteiger partial charge in [0.25, 0.3) is 0 Å². The highest BCUT2D eigenvalue weighted by Gasteiger charge is 2.16. The zero-order chi connectivity index (χ0) is 21.7. The van der Waals surface area contributed by atoms with Gasteiger partial charge in [-0.3, -0.25) is 4.79 Å². The minimum Gasteiger partial charge on any atom is -0.493 e. The Labute approximate surface area is 179 Å². The first-order chi connectivity index (χ1) is 14.5. The molecule has 0 radical (unpaired) electrons. The van der Waals surface area contributed by atoms with Crippen molar-refractivity contribution in [1.82, 2.24) is 4.57 Å². The molecule has 2 N–H and O–H groups in total. The molecule has 0 amide bonds. The minimum atomic E-state index is -0.264. The average molecular weight is 430 g/mol. The predicted octanol–water partition coefficient (Wildman–Crippen LogP) is 3.77. The summed E-state index contributed by atoms with van der Waals surface area (Å²) in [6, 6.07) is 10.9. The number of nitrogens with zero attached hydrogens (tertiary/aromatic N) is 2. The summed E-state index contributed by atoms with van der Waals surface area (Å²) >= 11 is 6.01. The van der Waals surface area contributed by atoms with Crippen LogP contribution in [0.4, 0.5) is 0 Å². The second-order valence-corrected chi connectivity index (χ2v) is 7.10. The molecule has 2 aromatic carbocycles. The summed E-state index contributed by atoms with van der Waals surface area (Å²) < 4.78 is 12.7. The first-order valence-electron chi connectivity index (χ1n) is 9.47. The van der Waals surface area contributed by atoms with Crippen LogP contribution >= 0.6 is 11.6 Å². The molecule has 0 aliphatic rings. The fourth-order valence-electron chi connectivity index (χ4n) is 3.07. The van der Waals surface area contributed by atoms with Gasteiger partial charge in [-0.15, -0.1) is 0 Å². The van der Waals surface area contributed by atoms with Crippen molar-refractivity contribution in [3.63, 3.8) is 0 Å². The number of benzene rings is 2. The first kappa shape index (κ1) is 21.5. The second-order valence-electron chi connectivity index (χ2n) is 6.66. The normalized spacial score (nSPS) is 11.5. The lowest BCUT2D eigenvalue weighted by Crippen LogP contribution is -2.25. The molecule has 0 spiro atoms. The Morgan fingerprint density at radius 1 is 1.13 bits per heavy atom. The molecule has 158 valence electrons. The van der Waals surface area contributed by atoms with Gasteiger partial charge in [0, 0.05) is 23.8 Å². The van der Waals surface area contributed by atoms with Gasteiger partial charge < -0.3 is 24.6 Å². The number of aromatic nitrogens is 1. The number of amidine groups is 1. The quantitative estimate of drug-likeness (QED) is 0.255. The standard InChI is InChI=1S/C22H24ClN3O4/c1-4-9-30-25-22(24)17-13-26(12-14-5-7-15(23)8-6-14)18-11-20(29-3)19(28-2)10-16(18)21(17)27/h5-8,10-11,13H,4,9,12H2,1-3H3,(H2,24,25). The summed E-state index contributed by atoms with van der Waals surface area (Å²) in [5, 5.41) is 4.99. The first-order valence-corrected chi connectivity index (χ1v) is 9.85. The summed E-state index contributed by atoms with van der Waals surface area (Å²) in [6.45, 7) is 2.86. The van der Waals surface area contributed by atoms with Crippen molar-refractivity contribution in [3.8, 4) is 11.5 Å². The number of rotatable bonds is 8. The molecule has 8 heteroatoms. The van der Waals surface area contributed by atoms with E-state index in [0.717, 1.165) is 12.0 Å². The van der Waals surface area contributed by atoms with Gasteiger partial charge in [-0.25, -0.2) is 0 Å². The van der Waals surface area contributed by atoms with Crippen LogP contribution in [-0.2, 0) is 11.4 Å². The van der Waals surface area contributed by atoms with Crippen LogP contribution in [0.2, 0.25) is 5.02 Å². The molecule has 0 bridgehead atoms. The number of hydrogen-bond acceptors (Lipinski definition) is 5. The van der Waals surface area contributed by atoms with Crippen molar-refractivity contribution < 1.29 is 14.3 Å². The highest BCUT2D eigenvalue weighted by atomic mass is 35.5. The molecule has 0 saturated carbocycles. The lowest BCUT2D eigenvalue weighted by atomic mass is 10.1. The maximum atomic E-state index is 13.2. The van der Waals surface area contributed by atoms with Crippen LogP contribution in [0, 0.1) is 0 Å². The monoisotopic (exact) mass is 429 g/mol. The van der Waals surface area contributed by atoms with Crippen LogP contribution in [0.1, 0.15) is 24.5 Å². The Morgan fingerprint density at radius 2 is 1.80 bits per heavy atom. The number of nitrogens with two attached hydrogens (primary N) is 1. The number of pyridine rings is 1. The van der Waals surface area contributed by atoms with Gasteiger partial charge >= 0.3 is 0 Å². The largest absolute Gasteiger partial charge is 0.493 e. The molecule has 3 aromatic rings. The maximum Gasteiger partial charge on any atom is 0.200 e. The van der Waals surface area contributed by atoms with Crippen molar-refractivity contribution in [2.75, 3.05) is 20.8 Å². The van der Waals surface area contributed by atoms with Crippen molar-refractivity contribution >= 4 is 28.3 Å². The second kappa shape index (κ2) is 9.54. The van der Waals surface area contributed by atoms with E-state index in [-0.39, 0.29) is 16.8 Å². The number of ether oxygens (including phenoxy) is 2. The summed E-state index contributed by atoms with van der Waals surface area (Å²) in [5.74, 6) is 1.000. The van der Waals surface area contributed by atoms with E-state index in [4.69, 9.17) is 31.6 Å². The van der Waals surface area contributed by atoms with Crippen molar-refractivity contribution in [2.24, 2.45) is 10.9 Å². The van der Waals surface area contributed by atoms with E-state index < -0.39 is 0 Å². The molecule has 30 heavy (non-hydrogen) atoms. The zero-order valence-electron chi connectivity index (χ0n) is 17.1. The third-order valence-electron chi connectivity index (χ3n) is 4.59. The number of hydrogen-bond donors (Lipinski definition) is 1. The fourth-order valence-corrected chi connectivity index (χ4v) is 3.20. The van der Waals surface area contributed by atoms with E-state index in [1.54, 1.807) is 25.4 Å². The third kappa shape index (κ3) is 4.52. The van der Waals surface area contributed by atoms with Crippen LogP contribution in [0.25, 0.3) is 10.9 Å². The average Bonchev–Trinajstić information content (AvgIpc) is 2.76. The van der Waals surface area contributed by atoms with E-state index in [1.165, 1.54) is 7.11 Å². The lowest BCUT2D eigenvalue weighted by molar-refractivity contribution is 0.145. The number of halogens is 1. The van der Waals surface area contributed by atoms with Crippen molar-refractivity contribution in [1.29, 1.82) is 0 Å². The van der Waals surface area contributed by atoms with Crippen molar-refractivity contribution in [2.45, 2.75) is 19.9 Å². The number of methoxy groups -OCH3 is 2. The van der Waals surface area contributed by atoms with Gasteiger partial charge in [-0.1, -0.05) is 35.8 Å². The topological polar surface area (TPSA) is 88.1 Å². The van der Waals surface area contributed by atoms with E-state index in [2.05, 4.69) is 5.16 Å². The molecule has 0 aliphatic heterocycles. The minimum absolute atomic E-state index is 0.0231. The Balaban J connectivity index is 2.22. The van der Waals surface area contributed by atoms with E-state index in [9.17, 15) is 4.79 Å². The highest BCUT2D eigenvalue weighted by Crippen LogP contribution is 2.31. The molecule has 1 heterocycles. The molecule has 0 aliphatic carbocycles. The van der Waals surface area contributed by atoms with Crippen LogP contribution in [0.15, 0.2) is 52.5 Å². The number of fused-ring (bicyclic) bond motifs is 1. The third-order valence-corrected chi connectivity index (χ3v) is 4.84. The van der Waals surface area contributed by atoms with Gasteiger partial charge in [0.05, 0.1) is 30.7 Å². The van der Waals surface area contributed by atoms with Gasteiger partial charge in [-0.05, 0) is 30.2 Å². The van der Waals surface area contributed by atoms with Crippen LogP contribution in [0.3, 0.4) is 0 Å². The van der Waals surface area contributed by atoms with Crippen molar-refractivity contribution in [3.05, 3.63) is 69.0 Å². The molecule has 1 aromatic heterocycles. The van der Waals surface area contributed by atoms with E-state index >= 15 is 0 Å². The summed E-state index contributed by atoms with van der Waals surface area (Å²) in [7, 11) is 3.07. The van der Waals surface area contributed by atoms with E-state index in [0.29, 0.717) is 40.6 Å². The Morgan fingerprint density at radius 3 is 2.43 bits per heavy atom. The summed E-state index contributed by atoms with van der Waals surface area (Å²) in [5.41, 5.74) is 7.74. The summed E-state index contributed by atoms with van der Waals surface area (Å²) in [6.07, 6.45) is 2.46. The van der Waals surface area contributed by atoms with Crippen LogP contribution < -0.4 is 20.6 Å². The molecule has 7 nitrogen and oxygen atoms in total. The number of oxime groups is 1. The Kier molecular flexibility index (Phi) is 6.84. The zero-order valence-corrected chi connectivity index (χ0v) is 17.9. The molecule has 3 rings (SSSR count). The summed E-state index contributed by atoms with van der Waals surface area (Å²) in [4.78, 5) is 18.4. The predicted molar refractivity (Wildman–Crippen MR) is 119 cm³/mol. The van der Waals surface area contributed by atoms with Gasteiger partial charge in [0.2, 0.25) is 5.43 Å². The van der Waals surface area contributed by atoms with Gasteiger partial charge in [0.1, 0.15) is 6.61 Å². The van der Waals surface area contributed by atoms with Gasteiger partial charge in [0.15, 0.2) is 17.3 Å². The van der Waals surface area contributed by atoms with Crippen LogP contribution in [0.5, 0.6) is 11.5 Å². The Hall–Kier alpha value is -3.19.